The van der Waals surface area contributed by atoms with Gasteiger partial charge in [-0.2, -0.15) is 0 Å². The molecular weight excluding hydrogens is 258 g/mol. The molecule has 0 bridgehead atoms. The number of alkyl halides is 2. The van der Waals surface area contributed by atoms with Gasteiger partial charge in [0.1, 0.15) is 5.01 Å². The Morgan fingerprint density at radius 1 is 1.33 bits per heavy atom. The highest BCUT2D eigenvalue weighted by Gasteiger charge is 2.50. The van der Waals surface area contributed by atoms with Crippen LogP contribution in [0.25, 0.3) is 0 Å². The van der Waals surface area contributed by atoms with Gasteiger partial charge >= 0.3 is 0 Å². The first-order valence-electron chi connectivity index (χ1n) is 6.26. The van der Waals surface area contributed by atoms with Crippen LogP contribution >= 0.6 is 11.3 Å². The quantitative estimate of drug-likeness (QED) is 0.855. The van der Waals surface area contributed by atoms with Crippen molar-refractivity contribution in [1.29, 1.82) is 0 Å². The van der Waals surface area contributed by atoms with E-state index in [2.05, 4.69) is 10.3 Å². The third-order valence-electron chi connectivity index (χ3n) is 3.89. The van der Waals surface area contributed by atoms with Gasteiger partial charge in [-0.1, -0.05) is 0 Å². The number of hydrogen-bond acceptors (Lipinski definition) is 4. The van der Waals surface area contributed by atoms with Gasteiger partial charge in [-0.05, 0) is 12.8 Å². The standard InChI is InChI=1S/C12H16F2N2OS/c13-12(14)3-1-11(2-4-12)9(15-5-7-17-11)10-16-6-8-18-10/h6,8-9,15H,1-5,7H2. The Balaban J connectivity index is 1.84. The van der Waals surface area contributed by atoms with Gasteiger partial charge in [-0.25, -0.2) is 13.8 Å². The first-order valence-corrected chi connectivity index (χ1v) is 7.14. The Hall–Kier alpha value is -0.590. The molecule has 1 unspecified atom stereocenters. The van der Waals surface area contributed by atoms with E-state index < -0.39 is 11.5 Å². The lowest BCUT2D eigenvalue weighted by Gasteiger charge is -2.47. The third-order valence-corrected chi connectivity index (χ3v) is 4.73. The normalized spacial score (nSPS) is 30.4. The minimum absolute atomic E-state index is 0.0395. The van der Waals surface area contributed by atoms with Gasteiger partial charge in [0.15, 0.2) is 0 Å². The number of hydrogen-bond donors (Lipinski definition) is 1. The molecule has 6 heteroatoms. The molecule has 1 aliphatic heterocycles. The maximum absolute atomic E-state index is 13.3. The van der Waals surface area contributed by atoms with Crippen LogP contribution in [0.1, 0.15) is 36.7 Å². The van der Waals surface area contributed by atoms with Crippen molar-refractivity contribution in [2.24, 2.45) is 0 Å². The first kappa shape index (κ1) is 12.4. The molecule has 1 spiro atoms. The van der Waals surface area contributed by atoms with Crippen LogP contribution in [0.3, 0.4) is 0 Å². The molecule has 1 saturated carbocycles. The molecule has 1 aromatic heterocycles. The number of thiazole rings is 1. The lowest BCUT2D eigenvalue weighted by atomic mass is 9.77. The van der Waals surface area contributed by atoms with Crippen LogP contribution in [0.4, 0.5) is 8.78 Å². The Morgan fingerprint density at radius 3 is 2.78 bits per heavy atom. The van der Waals surface area contributed by atoms with Crippen LogP contribution in [0.15, 0.2) is 11.6 Å². The van der Waals surface area contributed by atoms with Gasteiger partial charge in [-0.15, -0.1) is 11.3 Å². The van der Waals surface area contributed by atoms with E-state index in [1.165, 1.54) is 0 Å². The Kier molecular flexibility index (Phi) is 3.11. The molecular formula is C12H16F2N2OS. The summed E-state index contributed by atoms with van der Waals surface area (Å²) in [6.45, 7) is 1.34. The predicted octanol–water partition coefficient (Wildman–Crippen LogP) is 2.75. The monoisotopic (exact) mass is 274 g/mol. The minimum Gasteiger partial charge on any atom is -0.372 e. The number of morpholine rings is 1. The number of ether oxygens (including phenoxy) is 1. The zero-order chi connectivity index (χ0) is 12.6. The maximum Gasteiger partial charge on any atom is 0.248 e. The lowest BCUT2D eigenvalue weighted by Crippen LogP contribution is -2.55. The summed E-state index contributed by atoms with van der Waals surface area (Å²) < 4.78 is 32.6. The summed E-state index contributed by atoms with van der Waals surface area (Å²) >= 11 is 1.56. The highest BCUT2D eigenvalue weighted by molar-refractivity contribution is 7.09. The van der Waals surface area contributed by atoms with Gasteiger partial charge in [0, 0.05) is 31.0 Å². The fourth-order valence-electron chi connectivity index (χ4n) is 2.89. The van der Waals surface area contributed by atoms with Gasteiger partial charge < -0.3 is 10.1 Å². The van der Waals surface area contributed by atoms with E-state index in [-0.39, 0.29) is 18.9 Å². The van der Waals surface area contributed by atoms with Crippen molar-refractivity contribution >= 4 is 11.3 Å². The summed E-state index contributed by atoms with van der Waals surface area (Å²) in [5, 5.41) is 6.25. The summed E-state index contributed by atoms with van der Waals surface area (Å²) in [6, 6.07) is -0.0395. The van der Waals surface area contributed by atoms with Crippen molar-refractivity contribution in [3.05, 3.63) is 16.6 Å². The van der Waals surface area contributed by atoms with Gasteiger partial charge in [-0.3, -0.25) is 0 Å². The van der Waals surface area contributed by atoms with E-state index in [0.717, 1.165) is 11.6 Å². The zero-order valence-corrected chi connectivity index (χ0v) is 10.8. The average Bonchev–Trinajstić information content (AvgIpc) is 2.88. The molecule has 1 aromatic rings. The molecule has 3 nitrogen and oxygen atoms in total. The van der Waals surface area contributed by atoms with Crippen molar-refractivity contribution in [2.75, 3.05) is 13.2 Å². The molecule has 100 valence electrons. The summed E-state index contributed by atoms with van der Waals surface area (Å²) in [4.78, 5) is 4.31. The molecule has 1 saturated heterocycles. The van der Waals surface area contributed by atoms with E-state index in [4.69, 9.17) is 4.74 Å². The second kappa shape index (κ2) is 4.51. The second-order valence-electron chi connectivity index (χ2n) is 5.03. The molecule has 3 rings (SSSR count). The maximum atomic E-state index is 13.3. The average molecular weight is 274 g/mol. The minimum atomic E-state index is -2.53. The summed E-state index contributed by atoms with van der Waals surface area (Å²) in [5.41, 5.74) is -0.488. The van der Waals surface area contributed by atoms with E-state index >= 15 is 0 Å². The molecule has 1 aliphatic carbocycles. The van der Waals surface area contributed by atoms with E-state index in [1.807, 2.05) is 5.38 Å². The molecule has 1 N–H and O–H groups in total. The van der Waals surface area contributed by atoms with E-state index in [9.17, 15) is 8.78 Å². The SMILES string of the molecule is FC1(F)CCC2(CC1)OCCNC2c1nccs1. The summed E-state index contributed by atoms with van der Waals surface area (Å²) in [7, 11) is 0. The molecule has 0 aromatic carbocycles. The van der Waals surface area contributed by atoms with Crippen molar-refractivity contribution < 1.29 is 13.5 Å². The molecule has 1 atom stereocenters. The Labute approximate surface area is 109 Å². The fourth-order valence-corrected chi connectivity index (χ4v) is 3.71. The van der Waals surface area contributed by atoms with Gasteiger partial charge in [0.05, 0.1) is 18.2 Å². The van der Waals surface area contributed by atoms with E-state index in [0.29, 0.717) is 19.4 Å². The van der Waals surface area contributed by atoms with Crippen LogP contribution in [0.2, 0.25) is 0 Å². The first-order chi connectivity index (χ1) is 8.61. The van der Waals surface area contributed by atoms with Crippen molar-refractivity contribution in [3.63, 3.8) is 0 Å². The molecule has 2 fully saturated rings. The number of nitrogens with zero attached hydrogens (tertiary/aromatic N) is 1. The number of rotatable bonds is 1. The fraction of sp³-hybridized carbons (Fsp3) is 0.750. The zero-order valence-electron chi connectivity index (χ0n) is 9.99. The molecule has 18 heavy (non-hydrogen) atoms. The smallest absolute Gasteiger partial charge is 0.248 e. The topological polar surface area (TPSA) is 34.1 Å². The van der Waals surface area contributed by atoms with Crippen LogP contribution in [0.5, 0.6) is 0 Å². The molecule has 0 amide bonds. The summed E-state index contributed by atoms with van der Waals surface area (Å²) in [6.07, 6.45) is 2.38. The lowest BCUT2D eigenvalue weighted by molar-refractivity contribution is -0.162. The van der Waals surface area contributed by atoms with Crippen molar-refractivity contribution in [2.45, 2.75) is 43.2 Å². The molecule has 2 heterocycles. The number of aromatic nitrogens is 1. The van der Waals surface area contributed by atoms with Crippen molar-refractivity contribution in [1.82, 2.24) is 10.3 Å². The number of halogens is 2. The highest BCUT2D eigenvalue weighted by Crippen LogP contribution is 2.47. The van der Waals surface area contributed by atoms with Crippen LogP contribution in [0, 0.1) is 0 Å². The van der Waals surface area contributed by atoms with Crippen LogP contribution in [-0.2, 0) is 4.74 Å². The predicted molar refractivity (Wildman–Crippen MR) is 65.0 cm³/mol. The second-order valence-corrected chi connectivity index (χ2v) is 5.95. The number of nitrogens with one attached hydrogen (secondary N) is 1. The van der Waals surface area contributed by atoms with Crippen molar-refractivity contribution in [3.8, 4) is 0 Å². The molecule has 0 radical (unpaired) electrons. The molecule has 2 aliphatic rings. The Bertz CT molecular complexity index is 400. The third kappa shape index (κ3) is 2.17. The summed E-state index contributed by atoms with van der Waals surface area (Å²) in [5.74, 6) is -2.53. The van der Waals surface area contributed by atoms with Gasteiger partial charge in [0.2, 0.25) is 5.92 Å². The van der Waals surface area contributed by atoms with Crippen LogP contribution in [-0.4, -0.2) is 29.7 Å². The largest absolute Gasteiger partial charge is 0.372 e. The van der Waals surface area contributed by atoms with E-state index in [1.54, 1.807) is 17.5 Å². The highest BCUT2D eigenvalue weighted by atomic mass is 32.1. The van der Waals surface area contributed by atoms with Gasteiger partial charge in [0.25, 0.3) is 0 Å². The van der Waals surface area contributed by atoms with Crippen LogP contribution < -0.4 is 5.32 Å². The Morgan fingerprint density at radius 2 is 2.11 bits per heavy atom.